The summed E-state index contributed by atoms with van der Waals surface area (Å²) in [5.41, 5.74) is 8.45. The van der Waals surface area contributed by atoms with E-state index in [-0.39, 0.29) is 6.61 Å². The quantitative estimate of drug-likeness (QED) is 0.150. The van der Waals surface area contributed by atoms with Gasteiger partial charge in [0.15, 0.2) is 6.61 Å². The maximum absolute atomic E-state index is 12.4. The Morgan fingerprint density at radius 3 is 2.18 bits per heavy atom. The smallest absolute Gasteiger partial charge is 0.277 e. The minimum Gasteiger partial charge on any atom is -0.482 e. The van der Waals surface area contributed by atoms with Crippen LogP contribution in [0.15, 0.2) is 125 Å². The minimum absolute atomic E-state index is 0.207. The average molecular weight is 585 g/mol. The second-order valence-corrected chi connectivity index (χ2v) is 9.71. The number of carbonyl (C=O) groups is 1. The minimum atomic E-state index is -0.391. The van der Waals surface area contributed by atoms with Crippen molar-refractivity contribution in [2.45, 2.75) is 0 Å². The largest absolute Gasteiger partial charge is 0.482 e. The second kappa shape index (κ2) is 11.9. The van der Waals surface area contributed by atoms with Crippen molar-refractivity contribution in [3.05, 3.63) is 130 Å². The summed E-state index contributed by atoms with van der Waals surface area (Å²) in [5.74, 6) is 0.0526. The highest BCUT2D eigenvalue weighted by molar-refractivity contribution is 9.10. The van der Waals surface area contributed by atoms with Crippen molar-refractivity contribution >= 4 is 39.7 Å². The zero-order chi connectivity index (χ0) is 26.3. The number of aromatic nitrogens is 1. The van der Waals surface area contributed by atoms with Gasteiger partial charge in [-0.05, 0) is 53.6 Å². The summed E-state index contributed by atoms with van der Waals surface area (Å²) in [4.78, 5) is 12.4. The Hall–Kier alpha value is -4.13. The molecule has 0 spiro atoms. The molecule has 188 valence electrons. The number of hydrogen-bond donors (Lipinski definition) is 1. The molecule has 0 aliphatic carbocycles. The van der Waals surface area contributed by atoms with Gasteiger partial charge in [0.1, 0.15) is 5.75 Å². The number of amides is 1. The molecular weight excluding hydrogens is 562 g/mol. The number of hydrazone groups is 1. The molecule has 7 heteroatoms. The van der Waals surface area contributed by atoms with Crippen molar-refractivity contribution in [3.63, 3.8) is 0 Å². The lowest BCUT2D eigenvalue weighted by atomic mass is 10.1. The van der Waals surface area contributed by atoms with Crippen LogP contribution in [-0.4, -0.2) is 23.3 Å². The summed E-state index contributed by atoms with van der Waals surface area (Å²) in [6, 6.07) is 37.6. The number of nitrogens with zero attached hydrogens (tertiary/aromatic N) is 2. The molecule has 0 unspecified atom stereocenters. The molecule has 5 rings (SSSR count). The highest BCUT2D eigenvalue weighted by Crippen LogP contribution is 2.35. The predicted molar refractivity (Wildman–Crippen MR) is 157 cm³/mol. The van der Waals surface area contributed by atoms with Gasteiger partial charge in [-0.15, -0.1) is 0 Å². The molecule has 5 aromatic rings. The van der Waals surface area contributed by atoms with Crippen LogP contribution in [0.2, 0.25) is 5.02 Å². The maximum Gasteiger partial charge on any atom is 0.277 e. The Bertz CT molecular complexity index is 1570. The molecule has 0 fully saturated rings. The van der Waals surface area contributed by atoms with E-state index in [1.165, 1.54) is 0 Å². The van der Waals surface area contributed by atoms with Gasteiger partial charge < -0.3 is 9.30 Å². The van der Waals surface area contributed by atoms with Crippen LogP contribution >= 0.6 is 27.5 Å². The third-order valence-corrected chi connectivity index (χ3v) is 6.66. The SMILES string of the molecule is O=C(COc1ccccc1Cl)N/N=C/c1cc(-c2ccccc2)n(-c2ccc(Br)cc2)c1-c1ccccc1. The van der Waals surface area contributed by atoms with Crippen LogP contribution < -0.4 is 10.2 Å². The van der Waals surface area contributed by atoms with Gasteiger partial charge in [-0.1, -0.05) is 100 Å². The molecule has 1 amide bonds. The second-order valence-electron chi connectivity index (χ2n) is 8.39. The normalized spacial score (nSPS) is 11.0. The first-order valence-electron chi connectivity index (χ1n) is 11.9. The van der Waals surface area contributed by atoms with E-state index in [0.29, 0.717) is 10.8 Å². The molecule has 0 bridgehead atoms. The van der Waals surface area contributed by atoms with E-state index >= 15 is 0 Å². The van der Waals surface area contributed by atoms with E-state index in [9.17, 15) is 4.79 Å². The fourth-order valence-corrected chi connectivity index (χ4v) is 4.57. The zero-order valence-corrected chi connectivity index (χ0v) is 22.6. The van der Waals surface area contributed by atoms with Crippen LogP contribution in [0.3, 0.4) is 0 Å². The summed E-state index contributed by atoms with van der Waals surface area (Å²) in [6.45, 7) is -0.207. The first-order chi connectivity index (χ1) is 18.6. The number of hydrogen-bond acceptors (Lipinski definition) is 3. The zero-order valence-electron chi connectivity index (χ0n) is 20.2. The number of carbonyl (C=O) groups excluding carboxylic acids is 1. The van der Waals surface area contributed by atoms with E-state index in [2.05, 4.69) is 73.5 Å². The number of rotatable bonds is 8. The molecule has 4 aromatic carbocycles. The van der Waals surface area contributed by atoms with Crippen molar-refractivity contribution in [3.8, 4) is 34.0 Å². The fourth-order valence-electron chi connectivity index (χ4n) is 4.11. The Morgan fingerprint density at radius 1 is 0.868 bits per heavy atom. The van der Waals surface area contributed by atoms with Gasteiger partial charge >= 0.3 is 0 Å². The van der Waals surface area contributed by atoms with Crippen molar-refractivity contribution in [2.75, 3.05) is 6.61 Å². The topological polar surface area (TPSA) is 55.6 Å². The van der Waals surface area contributed by atoms with Crippen molar-refractivity contribution in [1.82, 2.24) is 9.99 Å². The number of ether oxygens (including phenoxy) is 1. The Kier molecular flexibility index (Phi) is 8.02. The number of benzene rings is 4. The Morgan fingerprint density at radius 2 is 1.50 bits per heavy atom. The summed E-state index contributed by atoms with van der Waals surface area (Å²) in [7, 11) is 0. The van der Waals surface area contributed by atoms with Crippen molar-refractivity contribution in [1.29, 1.82) is 0 Å². The van der Waals surface area contributed by atoms with Gasteiger partial charge in [0.25, 0.3) is 5.91 Å². The summed E-state index contributed by atoms with van der Waals surface area (Å²) >= 11 is 9.64. The molecule has 1 N–H and O–H groups in total. The van der Waals surface area contributed by atoms with Gasteiger partial charge in [0.05, 0.1) is 22.6 Å². The van der Waals surface area contributed by atoms with Gasteiger partial charge in [0.2, 0.25) is 0 Å². The first kappa shape index (κ1) is 25.5. The van der Waals surface area contributed by atoms with E-state index in [1.807, 2.05) is 48.5 Å². The Labute approximate surface area is 234 Å². The molecule has 0 saturated heterocycles. The maximum atomic E-state index is 12.4. The van der Waals surface area contributed by atoms with Gasteiger partial charge in [-0.3, -0.25) is 4.79 Å². The van der Waals surface area contributed by atoms with Crippen LogP contribution in [0, 0.1) is 0 Å². The Balaban J connectivity index is 1.51. The van der Waals surface area contributed by atoms with Gasteiger partial charge in [0, 0.05) is 15.7 Å². The lowest BCUT2D eigenvalue weighted by Gasteiger charge is -2.15. The first-order valence-corrected chi connectivity index (χ1v) is 13.1. The average Bonchev–Trinajstić information content (AvgIpc) is 3.33. The van der Waals surface area contributed by atoms with E-state index in [4.69, 9.17) is 16.3 Å². The van der Waals surface area contributed by atoms with Crippen LogP contribution in [0.4, 0.5) is 0 Å². The van der Waals surface area contributed by atoms with Gasteiger partial charge in [-0.25, -0.2) is 5.43 Å². The number of para-hydroxylation sites is 1. The molecule has 0 aliphatic rings. The lowest BCUT2D eigenvalue weighted by molar-refractivity contribution is -0.123. The van der Waals surface area contributed by atoms with Crippen molar-refractivity contribution in [2.24, 2.45) is 5.10 Å². The molecule has 0 aliphatic heterocycles. The van der Waals surface area contributed by atoms with Crippen LogP contribution in [-0.2, 0) is 4.79 Å². The molecular formula is C31H23BrClN3O2. The molecule has 0 radical (unpaired) electrons. The lowest BCUT2D eigenvalue weighted by Crippen LogP contribution is -2.24. The highest BCUT2D eigenvalue weighted by atomic mass is 79.9. The van der Waals surface area contributed by atoms with Crippen LogP contribution in [0.1, 0.15) is 5.56 Å². The molecule has 0 atom stereocenters. The van der Waals surface area contributed by atoms with E-state index in [0.717, 1.165) is 38.2 Å². The summed E-state index contributed by atoms with van der Waals surface area (Å²) in [5, 5.41) is 4.70. The molecule has 1 aromatic heterocycles. The predicted octanol–water partition coefficient (Wildman–Crippen LogP) is 7.76. The molecule has 38 heavy (non-hydrogen) atoms. The third kappa shape index (κ3) is 5.88. The molecule has 5 nitrogen and oxygen atoms in total. The van der Waals surface area contributed by atoms with E-state index in [1.54, 1.807) is 30.5 Å². The highest BCUT2D eigenvalue weighted by Gasteiger charge is 2.18. The molecule has 1 heterocycles. The van der Waals surface area contributed by atoms with Crippen LogP contribution in [0.5, 0.6) is 5.75 Å². The molecule has 0 saturated carbocycles. The fraction of sp³-hybridized carbons (Fsp3) is 0.0323. The van der Waals surface area contributed by atoms with Gasteiger partial charge in [-0.2, -0.15) is 5.10 Å². The number of halogens is 2. The standard InChI is InChI=1S/C31H23BrClN3O2/c32-25-15-17-26(18-16-25)36-28(22-9-3-1-4-10-22)19-24(31(36)23-11-5-2-6-12-23)20-34-35-30(37)21-38-29-14-8-7-13-27(29)33/h1-20H,21H2,(H,35,37)/b34-20+. The van der Waals surface area contributed by atoms with Crippen molar-refractivity contribution < 1.29 is 9.53 Å². The summed E-state index contributed by atoms with van der Waals surface area (Å²) in [6.07, 6.45) is 1.66. The summed E-state index contributed by atoms with van der Waals surface area (Å²) < 4.78 is 8.73. The number of nitrogens with one attached hydrogen (secondary N) is 1. The van der Waals surface area contributed by atoms with E-state index < -0.39 is 5.91 Å². The third-order valence-electron chi connectivity index (χ3n) is 5.82. The van der Waals surface area contributed by atoms with Crippen LogP contribution in [0.25, 0.3) is 28.2 Å². The monoisotopic (exact) mass is 583 g/mol.